The van der Waals surface area contributed by atoms with Gasteiger partial charge in [0.25, 0.3) is 0 Å². The first-order chi connectivity index (χ1) is 10.6. The van der Waals surface area contributed by atoms with Crippen molar-refractivity contribution in [3.63, 3.8) is 0 Å². The number of rotatable bonds is 6. The lowest BCUT2D eigenvalue weighted by atomic mass is 10.1. The van der Waals surface area contributed by atoms with Gasteiger partial charge >= 0.3 is 5.97 Å². The van der Waals surface area contributed by atoms with Crippen molar-refractivity contribution in [3.05, 3.63) is 41.7 Å². The van der Waals surface area contributed by atoms with E-state index in [2.05, 4.69) is 41.1 Å². The van der Waals surface area contributed by atoms with Gasteiger partial charge in [0.1, 0.15) is 6.10 Å². The predicted molar refractivity (Wildman–Crippen MR) is 90.2 cm³/mol. The van der Waals surface area contributed by atoms with Crippen LogP contribution in [0.15, 0.2) is 41.2 Å². The number of carbonyl (C=O) groups excluding carboxylic acids is 1. The Morgan fingerprint density at radius 3 is 3.00 bits per heavy atom. The molecule has 2 rings (SSSR count). The molecule has 1 aromatic rings. The molecule has 118 valence electrons. The molecular weight excluding hydrogens is 276 g/mol. The summed E-state index contributed by atoms with van der Waals surface area (Å²) in [6, 6.07) is 8.60. The monoisotopic (exact) mass is 300 g/mol. The number of anilines is 1. The Kier molecular flexibility index (Phi) is 5.75. The molecule has 0 aromatic heterocycles. The van der Waals surface area contributed by atoms with Crippen LogP contribution in [-0.4, -0.2) is 24.8 Å². The lowest BCUT2D eigenvalue weighted by Crippen LogP contribution is -2.23. The number of hydrogen-bond acceptors (Lipinski definition) is 4. The smallest absolute Gasteiger partial charge is 0.302 e. The zero-order chi connectivity index (χ0) is 15.9. The minimum atomic E-state index is -0.253. The third-order valence-electron chi connectivity index (χ3n) is 3.48. The predicted octanol–water partition coefficient (Wildman–Crippen LogP) is 3.71. The fourth-order valence-electron chi connectivity index (χ4n) is 2.60. The van der Waals surface area contributed by atoms with Crippen molar-refractivity contribution in [2.45, 2.75) is 46.1 Å². The quantitative estimate of drug-likeness (QED) is 0.752. The van der Waals surface area contributed by atoms with Gasteiger partial charge < -0.3 is 9.64 Å². The first-order valence-corrected chi connectivity index (χ1v) is 7.84. The van der Waals surface area contributed by atoms with E-state index >= 15 is 0 Å². The molecule has 0 bridgehead atoms. The number of esters is 1. The van der Waals surface area contributed by atoms with Gasteiger partial charge in [-0.25, -0.2) is 0 Å². The molecule has 4 nitrogen and oxygen atoms in total. The molecule has 0 fully saturated rings. The lowest BCUT2D eigenvalue weighted by molar-refractivity contribution is -0.145. The molecule has 0 N–H and O–H groups in total. The highest BCUT2D eigenvalue weighted by molar-refractivity contribution is 5.71. The molecular formula is C18H24N2O2. The molecule has 1 aliphatic heterocycles. The summed E-state index contributed by atoms with van der Waals surface area (Å²) >= 11 is 0. The largest absolute Gasteiger partial charge is 0.462 e. The second kappa shape index (κ2) is 7.78. The minimum Gasteiger partial charge on any atom is -0.462 e. The van der Waals surface area contributed by atoms with Crippen LogP contribution in [0.3, 0.4) is 0 Å². The highest BCUT2D eigenvalue weighted by Gasteiger charge is 2.13. The van der Waals surface area contributed by atoms with E-state index in [1.54, 1.807) is 0 Å². The van der Waals surface area contributed by atoms with Crippen molar-refractivity contribution in [3.8, 4) is 0 Å². The van der Waals surface area contributed by atoms with Gasteiger partial charge in [0.05, 0.1) is 12.2 Å². The molecule has 0 spiro atoms. The fourth-order valence-corrected chi connectivity index (χ4v) is 2.60. The standard InChI is InChI=1S/C18H24N2O2/c1-4-6-16-7-5-8-18(12-16)20-10-9-19-17(13-20)11-14(2)22-15(3)21/h5,7-9,12-14H,4,6,10-11H2,1-3H3. The van der Waals surface area contributed by atoms with Crippen LogP contribution in [-0.2, 0) is 16.0 Å². The molecule has 0 radical (unpaired) electrons. The molecule has 0 aliphatic carbocycles. The zero-order valence-corrected chi connectivity index (χ0v) is 13.6. The number of nitrogens with zero attached hydrogens (tertiary/aromatic N) is 2. The van der Waals surface area contributed by atoms with Crippen LogP contribution in [0, 0.1) is 0 Å². The number of benzene rings is 1. The normalized spacial score (nSPS) is 15.4. The van der Waals surface area contributed by atoms with Crippen LogP contribution >= 0.6 is 0 Å². The number of aryl methyl sites for hydroxylation is 1. The van der Waals surface area contributed by atoms with Crippen LogP contribution < -0.4 is 4.90 Å². The van der Waals surface area contributed by atoms with Crippen LogP contribution in [0.1, 0.15) is 39.2 Å². The van der Waals surface area contributed by atoms with Gasteiger partial charge in [-0.1, -0.05) is 25.5 Å². The van der Waals surface area contributed by atoms with Crippen molar-refractivity contribution in [1.82, 2.24) is 0 Å². The summed E-state index contributed by atoms with van der Waals surface area (Å²) in [5, 5.41) is 0. The zero-order valence-electron chi connectivity index (χ0n) is 13.6. The number of carbonyl (C=O) groups is 1. The summed E-state index contributed by atoms with van der Waals surface area (Å²) in [6.07, 6.45) is 6.66. The highest BCUT2D eigenvalue weighted by Crippen LogP contribution is 2.22. The van der Waals surface area contributed by atoms with Gasteiger partial charge in [0.15, 0.2) is 0 Å². The van der Waals surface area contributed by atoms with Gasteiger partial charge in [0, 0.05) is 31.4 Å². The first kappa shape index (κ1) is 16.3. The number of aliphatic imine (C=N–C) groups is 1. The first-order valence-electron chi connectivity index (χ1n) is 7.84. The molecule has 0 saturated heterocycles. The van der Waals surface area contributed by atoms with E-state index < -0.39 is 0 Å². The summed E-state index contributed by atoms with van der Waals surface area (Å²) in [5.74, 6) is -0.253. The maximum Gasteiger partial charge on any atom is 0.302 e. The van der Waals surface area contributed by atoms with Crippen molar-refractivity contribution in [2.75, 3.05) is 11.4 Å². The van der Waals surface area contributed by atoms with Crippen LogP contribution in [0.4, 0.5) is 5.69 Å². The van der Waals surface area contributed by atoms with Crippen LogP contribution in [0.2, 0.25) is 0 Å². The average Bonchev–Trinajstić information content (AvgIpc) is 2.47. The SMILES string of the molecule is CCCc1cccc(N2C=C(CC(C)OC(C)=O)N=CC2)c1. The molecule has 22 heavy (non-hydrogen) atoms. The lowest BCUT2D eigenvalue weighted by Gasteiger charge is -2.24. The van der Waals surface area contributed by atoms with Crippen molar-refractivity contribution < 1.29 is 9.53 Å². The van der Waals surface area contributed by atoms with Crippen LogP contribution in [0.25, 0.3) is 0 Å². The van der Waals surface area contributed by atoms with E-state index in [9.17, 15) is 4.79 Å². The average molecular weight is 300 g/mol. The summed E-state index contributed by atoms with van der Waals surface area (Å²) < 4.78 is 5.17. The van der Waals surface area contributed by atoms with E-state index in [-0.39, 0.29) is 12.1 Å². The Hall–Kier alpha value is -2.10. The molecule has 1 atom stereocenters. The molecule has 0 saturated carbocycles. The molecule has 1 aromatic carbocycles. The second-order valence-corrected chi connectivity index (χ2v) is 5.63. The third-order valence-corrected chi connectivity index (χ3v) is 3.48. The molecule has 4 heteroatoms. The molecule has 1 aliphatic rings. The van der Waals surface area contributed by atoms with E-state index in [0.717, 1.165) is 25.1 Å². The Labute approximate surface area is 132 Å². The Balaban J connectivity index is 2.07. The number of ether oxygens (including phenoxy) is 1. The topological polar surface area (TPSA) is 41.9 Å². The molecule has 1 heterocycles. The maximum absolute atomic E-state index is 11.0. The van der Waals surface area contributed by atoms with Crippen molar-refractivity contribution >= 4 is 17.9 Å². The Bertz CT molecular complexity index is 578. The number of hydrogen-bond donors (Lipinski definition) is 0. The summed E-state index contributed by atoms with van der Waals surface area (Å²) in [6.45, 7) is 6.27. The van der Waals surface area contributed by atoms with Gasteiger partial charge in [-0.2, -0.15) is 0 Å². The van der Waals surface area contributed by atoms with Crippen molar-refractivity contribution in [1.29, 1.82) is 0 Å². The Morgan fingerprint density at radius 2 is 2.27 bits per heavy atom. The van der Waals surface area contributed by atoms with Crippen molar-refractivity contribution in [2.24, 2.45) is 4.99 Å². The van der Waals surface area contributed by atoms with Gasteiger partial charge in [-0.3, -0.25) is 9.79 Å². The third kappa shape index (κ3) is 4.72. The molecule has 0 amide bonds. The van der Waals surface area contributed by atoms with Gasteiger partial charge in [-0.05, 0) is 31.0 Å². The fraction of sp³-hybridized carbons (Fsp3) is 0.444. The van der Waals surface area contributed by atoms with E-state index in [1.165, 1.54) is 18.2 Å². The summed E-state index contributed by atoms with van der Waals surface area (Å²) in [5.41, 5.74) is 3.46. The second-order valence-electron chi connectivity index (χ2n) is 5.63. The highest BCUT2D eigenvalue weighted by atomic mass is 16.5. The van der Waals surface area contributed by atoms with E-state index in [1.807, 2.05) is 19.3 Å². The maximum atomic E-state index is 11.0. The van der Waals surface area contributed by atoms with E-state index in [4.69, 9.17) is 4.74 Å². The van der Waals surface area contributed by atoms with E-state index in [0.29, 0.717) is 6.42 Å². The summed E-state index contributed by atoms with van der Waals surface area (Å²) in [4.78, 5) is 17.6. The molecule has 1 unspecified atom stereocenters. The van der Waals surface area contributed by atoms with Gasteiger partial charge in [0.2, 0.25) is 0 Å². The summed E-state index contributed by atoms with van der Waals surface area (Å²) in [7, 11) is 0. The minimum absolute atomic E-state index is 0.160. The van der Waals surface area contributed by atoms with Gasteiger partial charge in [-0.15, -0.1) is 0 Å². The Morgan fingerprint density at radius 1 is 1.45 bits per heavy atom. The van der Waals surface area contributed by atoms with Crippen LogP contribution in [0.5, 0.6) is 0 Å².